The van der Waals surface area contributed by atoms with E-state index in [9.17, 15) is 0 Å². The Morgan fingerprint density at radius 1 is 0.900 bits per heavy atom. The lowest BCUT2D eigenvalue weighted by Gasteiger charge is -1.97. The maximum atomic E-state index is 5.16. The van der Waals surface area contributed by atoms with Gasteiger partial charge >= 0.3 is 7.69 Å². The molecule has 3 nitrogen and oxygen atoms in total. The fourth-order valence-corrected chi connectivity index (χ4v) is 0.597. The minimum absolute atomic E-state index is 0. The fourth-order valence-electron chi connectivity index (χ4n) is 0.597. The Morgan fingerprint density at radius 3 is 1.60 bits per heavy atom. The first kappa shape index (κ1) is 8.05. The average molecular weight is 143 g/mol. The van der Waals surface area contributed by atoms with Gasteiger partial charge in [-0.05, 0) is 25.7 Å². The first-order valence-corrected chi connectivity index (χ1v) is 3.58. The summed E-state index contributed by atoms with van der Waals surface area (Å²) < 4.78 is 10.3. The summed E-state index contributed by atoms with van der Waals surface area (Å²) in [7, 11) is 1.52. The summed E-state index contributed by atoms with van der Waals surface area (Å²) in [6.07, 6.45) is 5.83. The van der Waals surface area contributed by atoms with E-state index in [0.29, 0.717) is 12.2 Å². The molecule has 1 radical (unpaired) electrons. The van der Waals surface area contributed by atoms with Gasteiger partial charge in [0.25, 0.3) is 0 Å². The van der Waals surface area contributed by atoms with E-state index in [2.05, 4.69) is 0 Å². The van der Waals surface area contributed by atoms with Gasteiger partial charge in [0.05, 0.1) is 0 Å². The summed E-state index contributed by atoms with van der Waals surface area (Å²) in [4.78, 5) is 0. The maximum absolute atomic E-state index is 5.16. The first-order valence-electron chi connectivity index (χ1n) is 3.58. The molecule has 0 amide bonds. The summed E-state index contributed by atoms with van der Waals surface area (Å²) in [5.41, 5.74) is 0. The van der Waals surface area contributed by atoms with E-state index in [-0.39, 0.29) is 5.48 Å². The van der Waals surface area contributed by atoms with Gasteiger partial charge in [-0.15, -0.1) is 0 Å². The van der Waals surface area contributed by atoms with Crippen molar-refractivity contribution in [2.24, 2.45) is 0 Å². The number of rotatable bonds is 4. The molecule has 0 saturated heterocycles. The molecule has 0 aromatic rings. The van der Waals surface area contributed by atoms with Crippen molar-refractivity contribution in [2.75, 3.05) is 0 Å². The van der Waals surface area contributed by atoms with Crippen LogP contribution in [0.25, 0.3) is 0 Å². The molecule has 0 bridgehead atoms. The van der Waals surface area contributed by atoms with E-state index in [1.54, 1.807) is 0 Å². The monoisotopic (exact) mass is 143 g/mol. The molecule has 2 fully saturated rings. The van der Waals surface area contributed by atoms with Gasteiger partial charge in [-0.3, -0.25) is 0 Å². The minimum Gasteiger partial charge on any atom is -0.412 e. The standard InChI is InChI=1S/C6H10BO2.H2O/c1-2-5(1)8-7-9-6-3-4-6;/h5-6H,1-4H2;1H2. The number of hydrogen-bond acceptors (Lipinski definition) is 2. The molecular formula is C6H12BO3. The van der Waals surface area contributed by atoms with Gasteiger partial charge in [0.1, 0.15) is 0 Å². The predicted molar refractivity (Wildman–Crippen MR) is 37.6 cm³/mol. The van der Waals surface area contributed by atoms with Crippen molar-refractivity contribution in [1.82, 2.24) is 0 Å². The van der Waals surface area contributed by atoms with Crippen LogP contribution in [-0.4, -0.2) is 25.4 Å². The molecule has 2 aliphatic rings. The Bertz CT molecular complexity index is 89.2. The van der Waals surface area contributed by atoms with E-state index in [1.165, 1.54) is 33.4 Å². The molecule has 2 aliphatic carbocycles. The lowest BCUT2D eigenvalue weighted by molar-refractivity contribution is 0.205. The summed E-state index contributed by atoms with van der Waals surface area (Å²) in [6.45, 7) is 0. The van der Waals surface area contributed by atoms with E-state index >= 15 is 0 Å². The molecule has 0 aromatic carbocycles. The Morgan fingerprint density at radius 2 is 1.30 bits per heavy atom. The highest BCUT2D eigenvalue weighted by atomic mass is 16.6. The van der Waals surface area contributed by atoms with E-state index in [0.717, 1.165) is 0 Å². The Labute approximate surface area is 61.3 Å². The van der Waals surface area contributed by atoms with Crippen LogP contribution in [0.2, 0.25) is 0 Å². The van der Waals surface area contributed by atoms with Crippen LogP contribution >= 0.6 is 0 Å². The molecule has 57 valence electrons. The van der Waals surface area contributed by atoms with Gasteiger partial charge in [-0.1, -0.05) is 0 Å². The molecule has 0 aliphatic heterocycles. The lowest BCUT2D eigenvalue weighted by atomic mass is 10.4. The first-order chi connectivity index (χ1) is 4.45. The predicted octanol–water partition coefficient (Wildman–Crippen LogP) is 0.0539. The zero-order valence-electron chi connectivity index (χ0n) is 5.88. The van der Waals surface area contributed by atoms with Crippen LogP contribution in [0.3, 0.4) is 0 Å². The topological polar surface area (TPSA) is 50.0 Å². The van der Waals surface area contributed by atoms with Crippen molar-refractivity contribution in [2.45, 2.75) is 37.9 Å². The van der Waals surface area contributed by atoms with Gasteiger partial charge in [0.2, 0.25) is 0 Å². The molecule has 0 unspecified atom stereocenters. The van der Waals surface area contributed by atoms with Crippen molar-refractivity contribution < 1.29 is 14.8 Å². The third-order valence-corrected chi connectivity index (χ3v) is 1.54. The van der Waals surface area contributed by atoms with E-state index in [4.69, 9.17) is 9.31 Å². The molecule has 0 atom stereocenters. The maximum Gasteiger partial charge on any atom is 0.488 e. The molecule has 0 aromatic heterocycles. The Balaban J connectivity index is 0.000000500. The van der Waals surface area contributed by atoms with Crippen LogP contribution < -0.4 is 0 Å². The molecule has 4 heteroatoms. The smallest absolute Gasteiger partial charge is 0.412 e. The second-order valence-corrected chi connectivity index (χ2v) is 2.77. The highest BCUT2D eigenvalue weighted by Gasteiger charge is 2.26. The van der Waals surface area contributed by atoms with Crippen molar-refractivity contribution >= 4 is 7.69 Å². The number of hydrogen-bond donors (Lipinski definition) is 0. The van der Waals surface area contributed by atoms with Crippen LogP contribution in [0.1, 0.15) is 25.7 Å². The summed E-state index contributed by atoms with van der Waals surface area (Å²) in [5.74, 6) is 0. The quantitative estimate of drug-likeness (QED) is 0.522. The second kappa shape index (κ2) is 3.37. The van der Waals surface area contributed by atoms with Gasteiger partial charge in [-0.25, -0.2) is 0 Å². The van der Waals surface area contributed by atoms with Gasteiger partial charge in [-0.2, -0.15) is 0 Å². The molecule has 0 heterocycles. The van der Waals surface area contributed by atoms with Crippen molar-refractivity contribution in [3.8, 4) is 0 Å². The Kier molecular flexibility index (Phi) is 2.71. The lowest BCUT2D eigenvalue weighted by Crippen LogP contribution is -2.06. The Hall–Kier alpha value is -0.0551. The summed E-state index contributed by atoms with van der Waals surface area (Å²) in [5, 5.41) is 0. The molecule has 10 heavy (non-hydrogen) atoms. The average Bonchev–Trinajstić information content (AvgIpc) is 2.57. The van der Waals surface area contributed by atoms with Crippen LogP contribution in [-0.2, 0) is 9.31 Å². The molecular weight excluding hydrogens is 131 g/mol. The largest absolute Gasteiger partial charge is 0.488 e. The highest BCUT2D eigenvalue weighted by molar-refractivity contribution is 6.18. The van der Waals surface area contributed by atoms with Gasteiger partial charge in [0, 0.05) is 12.2 Å². The molecule has 2 rings (SSSR count). The van der Waals surface area contributed by atoms with Gasteiger partial charge < -0.3 is 14.8 Å². The third-order valence-electron chi connectivity index (χ3n) is 1.54. The van der Waals surface area contributed by atoms with Crippen molar-refractivity contribution in [3.63, 3.8) is 0 Å². The van der Waals surface area contributed by atoms with E-state index < -0.39 is 0 Å². The summed E-state index contributed by atoms with van der Waals surface area (Å²) in [6, 6.07) is 0. The highest BCUT2D eigenvalue weighted by Crippen LogP contribution is 2.25. The third kappa shape index (κ3) is 2.69. The van der Waals surface area contributed by atoms with Crippen LogP contribution in [0, 0.1) is 0 Å². The van der Waals surface area contributed by atoms with Gasteiger partial charge in [0.15, 0.2) is 0 Å². The summed E-state index contributed by atoms with van der Waals surface area (Å²) >= 11 is 0. The fraction of sp³-hybridized carbons (Fsp3) is 1.00. The molecule has 2 N–H and O–H groups in total. The molecule has 0 spiro atoms. The van der Waals surface area contributed by atoms with Crippen LogP contribution in [0.5, 0.6) is 0 Å². The zero-order valence-corrected chi connectivity index (χ0v) is 5.88. The van der Waals surface area contributed by atoms with Crippen LogP contribution in [0.4, 0.5) is 0 Å². The van der Waals surface area contributed by atoms with Crippen LogP contribution in [0.15, 0.2) is 0 Å². The van der Waals surface area contributed by atoms with Crippen molar-refractivity contribution in [3.05, 3.63) is 0 Å². The van der Waals surface area contributed by atoms with E-state index in [1.807, 2.05) is 0 Å². The SMILES string of the molecule is O.[B](OC1CC1)OC1CC1. The molecule has 2 saturated carbocycles. The normalized spacial score (nSPS) is 23.6. The van der Waals surface area contributed by atoms with Crippen molar-refractivity contribution in [1.29, 1.82) is 0 Å². The zero-order chi connectivity index (χ0) is 6.10. The second-order valence-electron chi connectivity index (χ2n) is 2.77. The minimum atomic E-state index is 0.